The number of aromatic nitrogens is 4. The molecule has 1 saturated carbocycles. The average Bonchev–Trinajstić information content (AvgIpc) is 3.26. The third kappa shape index (κ3) is 2.73. The fourth-order valence-corrected chi connectivity index (χ4v) is 3.82. The van der Waals surface area contributed by atoms with Gasteiger partial charge >= 0.3 is 5.69 Å². The summed E-state index contributed by atoms with van der Waals surface area (Å²) in [5.74, 6) is 0.393. The van der Waals surface area contributed by atoms with E-state index in [1.807, 2.05) is 17.5 Å². The number of hydrogen-bond donors (Lipinski definition) is 2. The molecule has 24 heavy (non-hydrogen) atoms. The second-order valence-electron chi connectivity index (χ2n) is 5.93. The SMILES string of the molecule is O=c1[nH]c2nc(NCc3cccs3)ncc2c(=O)n1C1CCCC1. The molecule has 3 aromatic rings. The number of hydrogen-bond acceptors (Lipinski definition) is 6. The minimum absolute atomic E-state index is 0.0118. The highest BCUT2D eigenvalue weighted by Crippen LogP contribution is 2.27. The Balaban J connectivity index is 1.69. The molecule has 1 fully saturated rings. The molecule has 1 aliphatic carbocycles. The monoisotopic (exact) mass is 343 g/mol. The molecule has 0 aliphatic heterocycles. The molecule has 0 amide bonds. The average molecular weight is 343 g/mol. The van der Waals surface area contributed by atoms with Crippen LogP contribution in [-0.2, 0) is 6.54 Å². The summed E-state index contributed by atoms with van der Waals surface area (Å²) in [6.45, 7) is 0.604. The highest BCUT2D eigenvalue weighted by molar-refractivity contribution is 7.09. The van der Waals surface area contributed by atoms with Gasteiger partial charge in [-0.1, -0.05) is 18.9 Å². The summed E-state index contributed by atoms with van der Waals surface area (Å²) < 4.78 is 1.33. The van der Waals surface area contributed by atoms with Crippen LogP contribution in [0.5, 0.6) is 0 Å². The molecule has 124 valence electrons. The van der Waals surface area contributed by atoms with E-state index in [9.17, 15) is 9.59 Å². The van der Waals surface area contributed by atoms with Gasteiger partial charge in [0.25, 0.3) is 5.56 Å². The number of anilines is 1. The molecule has 0 spiro atoms. The Morgan fingerprint density at radius 3 is 2.92 bits per heavy atom. The summed E-state index contributed by atoms with van der Waals surface area (Å²) in [6, 6.07) is 3.98. The predicted molar refractivity (Wildman–Crippen MR) is 93.6 cm³/mol. The zero-order valence-corrected chi connectivity index (χ0v) is 13.8. The second kappa shape index (κ2) is 6.20. The van der Waals surface area contributed by atoms with Gasteiger partial charge in [0.1, 0.15) is 5.39 Å². The number of H-pyrrole nitrogens is 1. The van der Waals surface area contributed by atoms with E-state index in [0.717, 1.165) is 30.6 Å². The smallest absolute Gasteiger partial charge is 0.330 e. The standard InChI is InChI=1S/C16H17N5O2S/c22-14-12-9-18-15(17-8-11-6-3-7-24-11)19-13(12)20-16(23)21(14)10-4-1-2-5-10/h3,6-7,9-10H,1-2,4-5,8H2,(H2,17,18,19,20,23). The summed E-state index contributed by atoms with van der Waals surface area (Å²) in [7, 11) is 0. The van der Waals surface area contributed by atoms with Crippen molar-refractivity contribution in [3.8, 4) is 0 Å². The molecule has 8 heteroatoms. The largest absolute Gasteiger partial charge is 0.349 e. The van der Waals surface area contributed by atoms with Gasteiger partial charge in [0.2, 0.25) is 5.95 Å². The molecule has 0 saturated heterocycles. The zero-order chi connectivity index (χ0) is 16.5. The van der Waals surface area contributed by atoms with Gasteiger partial charge in [-0.05, 0) is 24.3 Å². The normalized spacial score (nSPS) is 15.2. The molecule has 0 aromatic carbocycles. The maximum absolute atomic E-state index is 12.6. The van der Waals surface area contributed by atoms with Gasteiger partial charge < -0.3 is 5.32 Å². The molecule has 0 radical (unpaired) electrons. The van der Waals surface area contributed by atoms with E-state index in [4.69, 9.17) is 0 Å². The number of thiophene rings is 1. The summed E-state index contributed by atoms with van der Waals surface area (Å²) >= 11 is 1.64. The molecule has 0 atom stereocenters. The van der Waals surface area contributed by atoms with Crippen LogP contribution in [0.3, 0.4) is 0 Å². The Hall–Kier alpha value is -2.48. The summed E-state index contributed by atoms with van der Waals surface area (Å²) in [5, 5.41) is 5.46. The van der Waals surface area contributed by atoms with E-state index in [2.05, 4.69) is 20.3 Å². The van der Waals surface area contributed by atoms with Gasteiger partial charge in [0.05, 0.1) is 6.54 Å². The van der Waals surface area contributed by atoms with Crippen molar-refractivity contribution in [3.63, 3.8) is 0 Å². The van der Waals surface area contributed by atoms with Crippen LogP contribution >= 0.6 is 11.3 Å². The lowest BCUT2D eigenvalue weighted by Crippen LogP contribution is -2.37. The van der Waals surface area contributed by atoms with Crippen LogP contribution in [0.1, 0.15) is 36.6 Å². The first kappa shape index (κ1) is 15.1. The van der Waals surface area contributed by atoms with Crippen LogP contribution in [0.15, 0.2) is 33.3 Å². The molecule has 3 aromatic heterocycles. The third-order valence-corrected chi connectivity index (χ3v) is 5.25. The van der Waals surface area contributed by atoms with E-state index >= 15 is 0 Å². The topological polar surface area (TPSA) is 92.7 Å². The van der Waals surface area contributed by atoms with Crippen molar-refractivity contribution in [1.82, 2.24) is 19.5 Å². The second-order valence-corrected chi connectivity index (χ2v) is 6.96. The number of nitrogens with zero attached hydrogens (tertiary/aromatic N) is 3. The van der Waals surface area contributed by atoms with Gasteiger partial charge in [-0.25, -0.2) is 9.78 Å². The van der Waals surface area contributed by atoms with Crippen molar-refractivity contribution >= 4 is 28.3 Å². The lowest BCUT2D eigenvalue weighted by Gasteiger charge is -2.12. The van der Waals surface area contributed by atoms with Crippen molar-refractivity contribution in [2.75, 3.05) is 5.32 Å². The fraction of sp³-hybridized carbons (Fsp3) is 0.375. The van der Waals surface area contributed by atoms with Crippen LogP contribution in [0, 0.1) is 0 Å². The van der Waals surface area contributed by atoms with E-state index in [1.165, 1.54) is 10.8 Å². The quantitative estimate of drug-likeness (QED) is 0.758. The molecule has 2 N–H and O–H groups in total. The van der Waals surface area contributed by atoms with Crippen LogP contribution in [0.4, 0.5) is 5.95 Å². The molecule has 4 rings (SSSR count). The first-order valence-corrected chi connectivity index (χ1v) is 8.88. The Morgan fingerprint density at radius 1 is 1.33 bits per heavy atom. The highest BCUT2D eigenvalue weighted by Gasteiger charge is 2.21. The fourth-order valence-electron chi connectivity index (χ4n) is 3.18. The van der Waals surface area contributed by atoms with Crippen molar-refractivity contribution < 1.29 is 0 Å². The Kier molecular flexibility index (Phi) is 3.89. The van der Waals surface area contributed by atoms with Gasteiger partial charge in [-0.2, -0.15) is 4.98 Å². The van der Waals surface area contributed by atoms with E-state index in [1.54, 1.807) is 11.3 Å². The van der Waals surface area contributed by atoms with Crippen molar-refractivity contribution in [1.29, 1.82) is 0 Å². The Labute approximate surface area is 141 Å². The minimum Gasteiger partial charge on any atom is -0.349 e. The van der Waals surface area contributed by atoms with Crippen molar-refractivity contribution in [2.24, 2.45) is 0 Å². The van der Waals surface area contributed by atoms with Gasteiger partial charge in [-0.3, -0.25) is 14.3 Å². The zero-order valence-electron chi connectivity index (χ0n) is 13.0. The minimum atomic E-state index is -0.387. The Bertz CT molecular complexity index is 970. The summed E-state index contributed by atoms with van der Waals surface area (Å²) in [5.41, 5.74) is -0.407. The third-order valence-electron chi connectivity index (χ3n) is 4.37. The predicted octanol–water partition coefficient (Wildman–Crippen LogP) is 2.27. The number of nitrogens with one attached hydrogen (secondary N) is 2. The molecule has 7 nitrogen and oxygen atoms in total. The van der Waals surface area contributed by atoms with Crippen molar-refractivity contribution in [2.45, 2.75) is 38.3 Å². The number of rotatable bonds is 4. The van der Waals surface area contributed by atoms with Crippen LogP contribution in [0.25, 0.3) is 11.0 Å². The first-order chi connectivity index (χ1) is 11.7. The number of fused-ring (bicyclic) bond motifs is 1. The molecule has 1 aliphatic rings. The maximum atomic E-state index is 12.6. The van der Waals surface area contributed by atoms with E-state index in [-0.39, 0.29) is 22.9 Å². The Morgan fingerprint density at radius 2 is 2.17 bits per heavy atom. The van der Waals surface area contributed by atoms with Crippen LogP contribution in [0.2, 0.25) is 0 Å². The van der Waals surface area contributed by atoms with Gasteiger partial charge in [0.15, 0.2) is 5.65 Å². The van der Waals surface area contributed by atoms with Gasteiger partial charge in [0, 0.05) is 17.1 Å². The lowest BCUT2D eigenvalue weighted by molar-refractivity contribution is 0.483. The summed E-state index contributed by atoms with van der Waals surface area (Å²) in [4.78, 5) is 37.3. The highest BCUT2D eigenvalue weighted by atomic mass is 32.1. The maximum Gasteiger partial charge on any atom is 0.330 e. The molecular formula is C16H17N5O2S. The van der Waals surface area contributed by atoms with Crippen LogP contribution in [-0.4, -0.2) is 19.5 Å². The lowest BCUT2D eigenvalue weighted by atomic mass is 10.2. The van der Waals surface area contributed by atoms with Crippen molar-refractivity contribution in [3.05, 3.63) is 49.4 Å². The van der Waals surface area contributed by atoms with E-state index < -0.39 is 0 Å². The molecule has 0 bridgehead atoms. The van der Waals surface area contributed by atoms with E-state index in [0.29, 0.717) is 17.9 Å². The first-order valence-electron chi connectivity index (χ1n) is 8.00. The molecule has 0 unspecified atom stereocenters. The van der Waals surface area contributed by atoms with Crippen LogP contribution < -0.4 is 16.6 Å². The molecule has 3 heterocycles. The number of aromatic amines is 1. The van der Waals surface area contributed by atoms with Gasteiger partial charge in [-0.15, -0.1) is 11.3 Å². The summed E-state index contributed by atoms with van der Waals surface area (Å²) in [6.07, 6.45) is 5.34. The molecular weight excluding hydrogens is 326 g/mol.